The molecule has 1 aliphatic rings. The highest BCUT2D eigenvalue weighted by atomic mass is 32.2. The molecule has 1 unspecified atom stereocenters. The quantitative estimate of drug-likeness (QED) is 0.800. The van der Waals surface area contributed by atoms with E-state index in [2.05, 4.69) is 0 Å². The van der Waals surface area contributed by atoms with Gasteiger partial charge in [0.25, 0.3) is 0 Å². The van der Waals surface area contributed by atoms with Gasteiger partial charge in [-0.1, -0.05) is 12.1 Å². The molecule has 0 spiro atoms. The van der Waals surface area contributed by atoms with E-state index in [1.54, 1.807) is 11.8 Å². The molecule has 80 valence electrons. The summed E-state index contributed by atoms with van der Waals surface area (Å²) in [5, 5.41) is 8.73. The summed E-state index contributed by atoms with van der Waals surface area (Å²) in [6.07, 6.45) is 0. The van der Waals surface area contributed by atoms with Crippen molar-refractivity contribution in [2.75, 3.05) is 17.3 Å². The molecule has 15 heavy (non-hydrogen) atoms. The first-order valence-corrected chi connectivity index (χ1v) is 5.62. The van der Waals surface area contributed by atoms with E-state index < -0.39 is 12.0 Å². The molecule has 2 rings (SSSR count). The van der Waals surface area contributed by atoms with Crippen LogP contribution in [0.3, 0.4) is 0 Å². The van der Waals surface area contributed by atoms with Crippen LogP contribution in [0.15, 0.2) is 29.2 Å². The fourth-order valence-electron chi connectivity index (χ4n) is 1.52. The summed E-state index contributed by atoms with van der Waals surface area (Å²) in [5.74, 6) is -0.176. The standard InChI is InChI=1S/C10H12N2O2S/c11-7(10(13)14)5-12-6-15-9-4-2-1-3-8(9)12/h1-4,7H,5-6,11H2,(H,13,14). The van der Waals surface area contributed by atoms with Gasteiger partial charge in [-0.25, -0.2) is 0 Å². The SMILES string of the molecule is NC(CN1CSc2ccccc21)C(=O)O. The minimum absolute atomic E-state index is 0.360. The van der Waals surface area contributed by atoms with Crippen molar-refractivity contribution >= 4 is 23.4 Å². The van der Waals surface area contributed by atoms with E-state index in [1.807, 2.05) is 29.2 Å². The number of carboxylic acid groups (broad SMARTS) is 1. The van der Waals surface area contributed by atoms with Crippen LogP contribution in [0.5, 0.6) is 0 Å². The molecule has 0 aliphatic carbocycles. The molecule has 0 radical (unpaired) electrons. The van der Waals surface area contributed by atoms with E-state index in [-0.39, 0.29) is 0 Å². The zero-order valence-corrected chi connectivity index (χ0v) is 8.91. The average Bonchev–Trinajstić information content (AvgIpc) is 2.62. The Balaban J connectivity index is 2.11. The first kappa shape index (κ1) is 10.3. The van der Waals surface area contributed by atoms with Gasteiger partial charge < -0.3 is 15.7 Å². The molecular weight excluding hydrogens is 212 g/mol. The van der Waals surface area contributed by atoms with Gasteiger partial charge in [-0.3, -0.25) is 4.79 Å². The molecule has 0 saturated carbocycles. The van der Waals surface area contributed by atoms with Crippen LogP contribution in [-0.2, 0) is 4.79 Å². The number of fused-ring (bicyclic) bond motifs is 1. The van der Waals surface area contributed by atoms with Crippen LogP contribution in [0.1, 0.15) is 0 Å². The highest BCUT2D eigenvalue weighted by Crippen LogP contribution is 2.37. The molecule has 5 heteroatoms. The summed E-state index contributed by atoms with van der Waals surface area (Å²) in [7, 11) is 0. The number of nitrogens with zero attached hydrogens (tertiary/aromatic N) is 1. The lowest BCUT2D eigenvalue weighted by atomic mass is 10.2. The van der Waals surface area contributed by atoms with Crippen LogP contribution in [0, 0.1) is 0 Å². The fraction of sp³-hybridized carbons (Fsp3) is 0.300. The molecule has 1 aliphatic heterocycles. The normalized spacial score (nSPS) is 16.2. The topological polar surface area (TPSA) is 66.6 Å². The summed E-state index contributed by atoms with van der Waals surface area (Å²) in [5.41, 5.74) is 6.59. The number of nitrogens with two attached hydrogens (primary N) is 1. The molecule has 0 bridgehead atoms. The largest absolute Gasteiger partial charge is 0.480 e. The predicted molar refractivity (Wildman–Crippen MR) is 60.1 cm³/mol. The van der Waals surface area contributed by atoms with E-state index in [9.17, 15) is 4.79 Å². The van der Waals surface area contributed by atoms with E-state index >= 15 is 0 Å². The first-order chi connectivity index (χ1) is 7.18. The van der Waals surface area contributed by atoms with Crippen LogP contribution >= 0.6 is 11.8 Å². The van der Waals surface area contributed by atoms with Gasteiger partial charge in [0.1, 0.15) is 6.04 Å². The number of para-hydroxylation sites is 1. The number of thioether (sulfide) groups is 1. The van der Waals surface area contributed by atoms with E-state index in [0.717, 1.165) is 11.6 Å². The molecule has 3 N–H and O–H groups in total. The summed E-state index contributed by atoms with van der Waals surface area (Å²) in [6, 6.07) is 7.13. The monoisotopic (exact) mass is 224 g/mol. The van der Waals surface area contributed by atoms with Crippen molar-refractivity contribution in [1.29, 1.82) is 0 Å². The second-order valence-corrected chi connectivity index (χ2v) is 4.40. The smallest absolute Gasteiger partial charge is 0.322 e. The number of carboxylic acids is 1. The zero-order valence-electron chi connectivity index (χ0n) is 8.09. The van der Waals surface area contributed by atoms with Gasteiger partial charge >= 0.3 is 5.97 Å². The Labute approximate surface area is 92.1 Å². The lowest BCUT2D eigenvalue weighted by molar-refractivity contribution is -0.138. The van der Waals surface area contributed by atoms with Crippen LogP contribution in [-0.4, -0.2) is 29.5 Å². The number of rotatable bonds is 3. The molecule has 0 fully saturated rings. The van der Waals surface area contributed by atoms with E-state index in [0.29, 0.717) is 6.54 Å². The molecule has 1 aromatic carbocycles. The Bertz CT molecular complexity index is 383. The minimum Gasteiger partial charge on any atom is -0.480 e. The molecule has 0 saturated heterocycles. The van der Waals surface area contributed by atoms with Crippen molar-refractivity contribution in [2.45, 2.75) is 10.9 Å². The number of aliphatic carboxylic acids is 1. The summed E-state index contributed by atoms with van der Waals surface area (Å²) in [6.45, 7) is 0.360. The number of carbonyl (C=O) groups is 1. The van der Waals surface area contributed by atoms with Crippen LogP contribution in [0.4, 0.5) is 5.69 Å². The molecule has 1 heterocycles. The maximum Gasteiger partial charge on any atom is 0.322 e. The second-order valence-electron chi connectivity index (χ2n) is 3.41. The molecule has 1 atom stereocenters. The lowest BCUT2D eigenvalue weighted by Crippen LogP contribution is -2.41. The van der Waals surface area contributed by atoms with Crippen molar-refractivity contribution in [3.05, 3.63) is 24.3 Å². The Kier molecular flexibility index (Phi) is 2.83. The molecule has 4 nitrogen and oxygen atoms in total. The van der Waals surface area contributed by atoms with Gasteiger partial charge in [0.05, 0.1) is 11.6 Å². The van der Waals surface area contributed by atoms with Crippen molar-refractivity contribution in [1.82, 2.24) is 0 Å². The lowest BCUT2D eigenvalue weighted by Gasteiger charge is -2.20. The summed E-state index contributed by atoms with van der Waals surface area (Å²) in [4.78, 5) is 13.8. The third-order valence-corrected chi connectivity index (χ3v) is 3.41. The average molecular weight is 224 g/mol. The zero-order chi connectivity index (χ0) is 10.8. The fourth-order valence-corrected chi connectivity index (χ4v) is 2.58. The molecular formula is C10H12N2O2S. The van der Waals surface area contributed by atoms with Crippen molar-refractivity contribution < 1.29 is 9.90 Å². The number of anilines is 1. The molecule has 1 aromatic rings. The van der Waals surface area contributed by atoms with Gasteiger partial charge in [-0.05, 0) is 12.1 Å². The van der Waals surface area contributed by atoms with Gasteiger partial charge in [0, 0.05) is 11.4 Å². The van der Waals surface area contributed by atoms with Gasteiger partial charge in [0.2, 0.25) is 0 Å². The second kappa shape index (κ2) is 4.12. The van der Waals surface area contributed by atoms with Crippen LogP contribution in [0.25, 0.3) is 0 Å². The Morgan fingerprint density at radius 1 is 1.60 bits per heavy atom. The maximum atomic E-state index is 10.6. The van der Waals surface area contributed by atoms with Crippen molar-refractivity contribution in [3.8, 4) is 0 Å². The highest BCUT2D eigenvalue weighted by Gasteiger charge is 2.23. The first-order valence-electron chi connectivity index (χ1n) is 4.63. The number of hydrogen-bond donors (Lipinski definition) is 2. The van der Waals surface area contributed by atoms with Gasteiger partial charge in [0.15, 0.2) is 0 Å². The molecule has 0 amide bonds. The van der Waals surface area contributed by atoms with Gasteiger partial charge in [-0.2, -0.15) is 0 Å². The summed E-state index contributed by atoms with van der Waals surface area (Å²) < 4.78 is 0. The third kappa shape index (κ3) is 2.08. The van der Waals surface area contributed by atoms with Crippen molar-refractivity contribution in [3.63, 3.8) is 0 Å². The Hall–Kier alpha value is -1.20. The maximum absolute atomic E-state index is 10.6. The van der Waals surface area contributed by atoms with Crippen molar-refractivity contribution in [2.24, 2.45) is 5.73 Å². The predicted octanol–water partition coefficient (Wildman–Crippen LogP) is 0.968. The van der Waals surface area contributed by atoms with Crippen LogP contribution < -0.4 is 10.6 Å². The Morgan fingerprint density at radius 2 is 2.33 bits per heavy atom. The molecule has 0 aromatic heterocycles. The number of benzene rings is 1. The van der Waals surface area contributed by atoms with E-state index in [4.69, 9.17) is 10.8 Å². The van der Waals surface area contributed by atoms with Crippen LogP contribution in [0.2, 0.25) is 0 Å². The third-order valence-electron chi connectivity index (χ3n) is 2.32. The minimum atomic E-state index is -0.954. The van der Waals surface area contributed by atoms with Gasteiger partial charge in [-0.15, -0.1) is 11.8 Å². The number of hydrogen-bond acceptors (Lipinski definition) is 4. The van der Waals surface area contributed by atoms with E-state index in [1.165, 1.54) is 4.90 Å². The Morgan fingerprint density at radius 3 is 3.07 bits per heavy atom. The summed E-state index contributed by atoms with van der Waals surface area (Å²) >= 11 is 1.71. The highest BCUT2D eigenvalue weighted by molar-refractivity contribution is 7.99.